The van der Waals surface area contributed by atoms with Crippen LogP contribution in [0.15, 0.2) is 0 Å². The van der Waals surface area contributed by atoms with Gasteiger partial charge in [-0.25, -0.2) is 9.48 Å². The van der Waals surface area contributed by atoms with E-state index in [1.165, 1.54) is 19.3 Å². The number of aromatic nitrogens is 3. The van der Waals surface area contributed by atoms with Crippen molar-refractivity contribution in [1.29, 1.82) is 0 Å². The monoisotopic (exact) mass is 266 g/mol. The molecular weight excluding hydrogens is 244 g/mol. The maximum absolute atomic E-state index is 11.1. The molecule has 2 rings (SSSR count). The number of carboxylic acids is 1. The summed E-state index contributed by atoms with van der Waals surface area (Å²) in [4.78, 5) is 11.1. The highest BCUT2D eigenvalue weighted by atomic mass is 16.4. The summed E-state index contributed by atoms with van der Waals surface area (Å²) in [5, 5.41) is 17.0. The topological polar surface area (TPSA) is 94.0 Å². The van der Waals surface area contributed by atoms with E-state index in [-0.39, 0.29) is 11.7 Å². The summed E-state index contributed by atoms with van der Waals surface area (Å²) in [6.45, 7) is 2.64. The molecule has 0 bridgehead atoms. The van der Waals surface area contributed by atoms with E-state index in [0.29, 0.717) is 18.7 Å². The van der Waals surface area contributed by atoms with Crippen LogP contribution in [0.1, 0.15) is 61.3 Å². The molecule has 0 radical (unpaired) electrons. The summed E-state index contributed by atoms with van der Waals surface area (Å²) >= 11 is 0. The van der Waals surface area contributed by atoms with E-state index in [9.17, 15) is 4.79 Å². The van der Waals surface area contributed by atoms with Gasteiger partial charge in [0.25, 0.3) is 0 Å². The summed E-state index contributed by atoms with van der Waals surface area (Å²) in [6.07, 6.45) is 6.22. The number of hydrogen-bond donors (Lipinski definition) is 2. The van der Waals surface area contributed by atoms with Gasteiger partial charge in [0, 0.05) is 6.42 Å². The summed E-state index contributed by atoms with van der Waals surface area (Å²) in [5.41, 5.74) is 6.30. The molecule has 19 heavy (non-hydrogen) atoms. The van der Waals surface area contributed by atoms with Crippen LogP contribution >= 0.6 is 0 Å². The van der Waals surface area contributed by atoms with Gasteiger partial charge in [-0.3, -0.25) is 0 Å². The summed E-state index contributed by atoms with van der Waals surface area (Å²) in [6, 6.07) is 0.282. The maximum atomic E-state index is 11.1. The second kappa shape index (κ2) is 6.14. The van der Waals surface area contributed by atoms with Crippen LogP contribution in [-0.2, 0) is 6.42 Å². The fraction of sp³-hybridized carbons (Fsp3) is 0.769. The number of carboxylic acid groups (broad SMARTS) is 1. The molecule has 0 spiro atoms. The molecule has 1 saturated carbocycles. The van der Waals surface area contributed by atoms with Crippen LogP contribution in [0.5, 0.6) is 0 Å². The van der Waals surface area contributed by atoms with Crippen molar-refractivity contribution >= 4 is 5.97 Å². The molecule has 1 fully saturated rings. The number of rotatable bonds is 5. The SMILES string of the molecule is CCC1CCC(n2nnc(C(=O)O)c2CCN)CC1. The largest absolute Gasteiger partial charge is 0.476 e. The molecule has 106 valence electrons. The minimum absolute atomic E-state index is 0.0584. The van der Waals surface area contributed by atoms with Crippen molar-refractivity contribution in [3.8, 4) is 0 Å². The van der Waals surface area contributed by atoms with Crippen molar-refractivity contribution in [2.24, 2.45) is 11.7 Å². The first kappa shape index (κ1) is 14.0. The normalized spacial score (nSPS) is 23.5. The molecule has 0 unspecified atom stereocenters. The molecule has 6 nitrogen and oxygen atoms in total. The van der Waals surface area contributed by atoms with Crippen LogP contribution in [-0.4, -0.2) is 32.6 Å². The van der Waals surface area contributed by atoms with Crippen molar-refractivity contribution in [1.82, 2.24) is 15.0 Å². The summed E-state index contributed by atoms with van der Waals surface area (Å²) < 4.78 is 1.81. The van der Waals surface area contributed by atoms with Gasteiger partial charge in [0.15, 0.2) is 5.69 Å². The zero-order valence-electron chi connectivity index (χ0n) is 11.4. The minimum Gasteiger partial charge on any atom is -0.476 e. The van der Waals surface area contributed by atoms with E-state index < -0.39 is 5.97 Å². The molecule has 0 atom stereocenters. The number of aromatic carboxylic acids is 1. The number of hydrogen-bond acceptors (Lipinski definition) is 4. The molecule has 1 aromatic rings. The fourth-order valence-electron chi connectivity index (χ4n) is 2.94. The Morgan fingerprint density at radius 3 is 2.63 bits per heavy atom. The van der Waals surface area contributed by atoms with E-state index in [0.717, 1.165) is 18.8 Å². The van der Waals surface area contributed by atoms with Gasteiger partial charge in [-0.05, 0) is 38.1 Å². The smallest absolute Gasteiger partial charge is 0.358 e. The van der Waals surface area contributed by atoms with E-state index in [4.69, 9.17) is 10.8 Å². The molecular formula is C13H22N4O2. The van der Waals surface area contributed by atoms with Crippen LogP contribution in [0.3, 0.4) is 0 Å². The average molecular weight is 266 g/mol. The maximum Gasteiger partial charge on any atom is 0.358 e. The van der Waals surface area contributed by atoms with Crippen molar-refractivity contribution in [3.05, 3.63) is 11.4 Å². The Kier molecular flexibility index (Phi) is 4.52. The zero-order valence-corrected chi connectivity index (χ0v) is 11.4. The van der Waals surface area contributed by atoms with Crippen molar-refractivity contribution in [2.75, 3.05) is 6.54 Å². The molecule has 6 heteroatoms. The van der Waals surface area contributed by atoms with Crippen LogP contribution in [0.25, 0.3) is 0 Å². The fourth-order valence-corrected chi connectivity index (χ4v) is 2.94. The van der Waals surface area contributed by atoms with E-state index in [2.05, 4.69) is 17.2 Å². The first-order valence-corrected chi connectivity index (χ1v) is 7.04. The van der Waals surface area contributed by atoms with Gasteiger partial charge in [-0.1, -0.05) is 18.6 Å². The van der Waals surface area contributed by atoms with Gasteiger partial charge in [-0.15, -0.1) is 5.10 Å². The third-order valence-corrected chi connectivity index (χ3v) is 4.11. The lowest BCUT2D eigenvalue weighted by Gasteiger charge is -2.28. The van der Waals surface area contributed by atoms with Gasteiger partial charge in [0.05, 0.1) is 11.7 Å². The minimum atomic E-state index is -1.02. The van der Waals surface area contributed by atoms with Gasteiger partial charge in [0.2, 0.25) is 0 Å². The Morgan fingerprint density at radius 1 is 1.42 bits per heavy atom. The molecule has 3 N–H and O–H groups in total. The van der Waals surface area contributed by atoms with Crippen molar-refractivity contribution < 1.29 is 9.90 Å². The third kappa shape index (κ3) is 2.94. The number of nitrogens with zero attached hydrogens (tertiary/aromatic N) is 3. The Hall–Kier alpha value is -1.43. The molecule has 0 saturated heterocycles. The molecule has 0 aliphatic heterocycles. The van der Waals surface area contributed by atoms with E-state index >= 15 is 0 Å². The Morgan fingerprint density at radius 2 is 2.11 bits per heavy atom. The second-order valence-electron chi connectivity index (χ2n) is 5.26. The van der Waals surface area contributed by atoms with E-state index in [1.54, 1.807) is 0 Å². The van der Waals surface area contributed by atoms with E-state index in [1.807, 2.05) is 4.68 Å². The van der Waals surface area contributed by atoms with Crippen LogP contribution in [0.2, 0.25) is 0 Å². The highest BCUT2D eigenvalue weighted by Gasteiger charge is 2.26. The van der Waals surface area contributed by atoms with Crippen LogP contribution < -0.4 is 5.73 Å². The average Bonchev–Trinajstić information content (AvgIpc) is 2.83. The van der Waals surface area contributed by atoms with Gasteiger partial charge < -0.3 is 10.8 Å². The highest BCUT2D eigenvalue weighted by molar-refractivity contribution is 5.86. The number of nitrogens with two attached hydrogens (primary N) is 1. The molecule has 1 aromatic heterocycles. The number of carbonyl (C=O) groups is 1. The second-order valence-corrected chi connectivity index (χ2v) is 5.26. The first-order valence-electron chi connectivity index (χ1n) is 7.04. The standard InChI is InChI=1S/C13H22N4O2/c1-2-9-3-5-10(6-4-9)17-11(7-8-14)12(13(18)19)15-16-17/h9-10H,2-8,14H2,1H3,(H,18,19). The summed E-state index contributed by atoms with van der Waals surface area (Å²) in [5.74, 6) is -0.214. The van der Waals surface area contributed by atoms with Crippen molar-refractivity contribution in [2.45, 2.75) is 51.5 Å². The highest BCUT2D eigenvalue weighted by Crippen LogP contribution is 2.34. The first-order chi connectivity index (χ1) is 9.17. The lowest BCUT2D eigenvalue weighted by Crippen LogP contribution is -2.22. The third-order valence-electron chi connectivity index (χ3n) is 4.11. The van der Waals surface area contributed by atoms with Crippen molar-refractivity contribution in [3.63, 3.8) is 0 Å². The molecule has 1 aliphatic rings. The summed E-state index contributed by atoms with van der Waals surface area (Å²) in [7, 11) is 0. The van der Waals surface area contributed by atoms with Crippen LogP contribution in [0.4, 0.5) is 0 Å². The molecule has 1 aliphatic carbocycles. The lowest BCUT2D eigenvalue weighted by atomic mass is 9.84. The predicted molar refractivity (Wildman–Crippen MR) is 71.0 cm³/mol. The Bertz CT molecular complexity index is 436. The molecule has 1 heterocycles. The molecule has 0 amide bonds. The Balaban J connectivity index is 2.18. The lowest BCUT2D eigenvalue weighted by molar-refractivity contribution is 0.0689. The van der Waals surface area contributed by atoms with Crippen LogP contribution in [0, 0.1) is 5.92 Å². The van der Waals surface area contributed by atoms with Gasteiger partial charge >= 0.3 is 5.97 Å². The Labute approximate surface area is 113 Å². The zero-order chi connectivity index (χ0) is 13.8. The van der Waals surface area contributed by atoms with Gasteiger partial charge in [0.1, 0.15) is 0 Å². The molecule has 0 aromatic carbocycles. The van der Waals surface area contributed by atoms with Gasteiger partial charge in [-0.2, -0.15) is 0 Å². The quantitative estimate of drug-likeness (QED) is 0.844. The predicted octanol–water partition coefficient (Wildman–Crippen LogP) is 1.62.